The van der Waals surface area contributed by atoms with E-state index < -0.39 is 0 Å². The molecule has 0 unspecified atom stereocenters. The molecule has 0 bridgehead atoms. The molecule has 1 aromatic rings. The van der Waals surface area contributed by atoms with Crippen LogP contribution in [0.1, 0.15) is 18.9 Å². The zero-order valence-corrected chi connectivity index (χ0v) is 7.83. The van der Waals surface area contributed by atoms with Gasteiger partial charge < -0.3 is 0 Å². The van der Waals surface area contributed by atoms with Gasteiger partial charge in [0.1, 0.15) is 0 Å². The summed E-state index contributed by atoms with van der Waals surface area (Å²) >= 11 is 0. The van der Waals surface area contributed by atoms with Crippen molar-refractivity contribution in [2.24, 2.45) is 0 Å². The Balaban J connectivity index is 2.21. The number of allylic oxidation sites excluding steroid dienone is 4. The number of rotatable bonds is 1. The first kappa shape index (κ1) is 8.31. The van der Waals surface area contributed by atoms with E-state index in [0.29, 0.717) is 0 Å². The van der Waals surface area contributed by atoms with Crippen LogP contribution in [0, 0.1) is 5.92 Å². The van der Waals surface area contributed by atoms with Gasteiger partial charge in [0.2, 0.25) is 0 Å². The Bertz CT molecular complexity index is 330. The molecule has 0 heterocycles. The quantitative estimate of drug-likeness (QED) is 0.603. The summed E-state index contributed by atoms with van der Waals surface area (Å²) in [6.45, 7) is 2.17. The first-order chi connectivity index (χ1) is 6.36. The van der Waals surface area contributed by atoms with Gasteiger partial charge in [0.25, 0.3) is 0 Å². The van der Waals surface area contributed by atoms with E-state index in [1.165, 1.54) is 17.1 Å². The SMILES string of the molecule is CC1=CC=C[C](c2ccccc2)C1. The molecule has 0 amide bonds. The first-order valence-corrected chi connectivity index (χ1v) is 4.61. The summed E-state index contributed by atoms with van der Waals surface area (Å²) in [6, 6.07) is 10.6. The highest BCUT2D eigenvalue weighted by Gasteiger charge is 2.10. The second-order valence-corrected chi connectivity index (χ2v) is 3.44. The average Bonchev–Trinajstić information content (AvgIpc) is 2.19. The molecule has 1 aromatic carbocycles. The minimum Gasteiger partial charge on any atom is -0.0724 e. The Labute approximate surface area is 79.6 Å². The summed E-state index contributed by atoms with van der Waals surface area (Å²) in [5, 5.41) is 0. The van der Waals surface area contributed by atoms with Gasteiger partial charge in [-0.25, -0.2) is 0 Å². The maximum Gasteiger partial charge on any atom is 0.0307 e. The highest BCUT2D eigenvalue weighted by molar-refractivity contribution is 5.43. The monoisotopic (exact) mass is 169 g/mol. The van der Waals surface area contributed by atoms with Crippen molar-refractivity contribution in [1.29, 1.82) is 0 Å². The Morgan fingerprint density at radius 3 is 2.54 bits per heavy atom. The Hall–Kier alpha value is -1.30. The molecule has 0 N–H and O–H groups in total. The lowest BCUT2D eigenvalue weighted by molar-refractivity contribution is 1.02. The number of benzene rings is 1. The first-order valence-electron chi connectivity index (χ1n) is 4.61. The van der Waals surface area contributed by atoms with Crippen LogP contribution in [0.4, 0.5) is 0 Å². The summed E-state index contributed by atoms with van der Waals surface area (Å²) < 4.78 is 0. The summed E-state index contributed by atoms with van der Waals surface area (Å²) in [5.74, 6) is 1.42. The van der Waals surface area contributed by atoms with Crippen LogP contribution in [-0.2, 0) is 0 Å². The maximum atomic E-state index is 2.20. The molecule has 0 saturated heterocycles. The van der Waals surface area contributed by atoms with E-state index in [2.05, 4.69) is 55.5 Å². The smallest absolute Gasteiger partial charge is 0.0307 e. The molecule has 1 aliphatic carbocycles. The lowest BCUT2D eigenvalue weighted by Crippen LogP contribution is -1.99. The predicted molar refractivity (Wildman–Crippen MR) is 56.3 cm³/mol. The van der Waals surface area contributed by atoms with Crippen LogP contribution in [0.5, 0.6) is 0 Å². The molecule has 0 saturated carbocycles. The molecule has 0 spiro atoms. The third-order valence-electron chi connectivity index (χ3n) is 2.29. The third kappa shape index (κ3) is 1.89. The van der Waals surface area contributed by atoms with E-state index >= 15 is 0 Å². The fraction of sp³-hybridized carbons (Fsp3) is 0.154. The molecule has 0 fully saturated rings. The molecule has 1 aliphatic rings. The van der Waals surface area contributed by atoms with Crippen molar-refractivity contribution >= 4 is 0 Å². The largest absolute Gasteiger partial charge is 0.0724 e. The van der Waals surface area contributed by atoms with Crippen molar-refractivity contribution in [1.82, 2.24) is 0 Å². The van der Waals surface area contributed by atoms with Gasteiger partial charge in [0, 0.05) is 5.92 Å². The van der Waals surface area contributed by atoms with Crippen LogP contribution in [-0.4, -0.2) is 0 Å². The molecule has 0 atom stereocenters. The van der Waals surface area contributed by atoms with Crippen LogP contribution < -0.4 is 0 Å². The van der Waals surface area contributed by atoms with Crippen LogP contribution in [0.15, 0.2) is 54.1 Å². The van der Waals surface area contributed by atoms with Crippen molar-refractivity contribution in [3.63, 3.8) is 0 Å². The van der Waals surface area contributed by atoms with E-state index in [1.807, 2.05) is 0 Å². The maximum absolute atomic E-state index is 2.20. The van der Waals surface area contributed by atoms with Crippen LogP contribution in [0.2, 0.25) is 0 Å². The molecule has 0 aliphatic heterocycles. The fourth-order valence-electron chi connectivity index (χ4n) is 1.60. The highest BCUT2D eigenvalue weighted by Crippen LogP contribution is 2.26. The number of hydrogen-bond acceptors (Lipinski definition) is 0. The molecule has 2 rings (SSSR count). The molecule has 0 heteroatoms. The van der Waals surface area contributed by atoms with Gasteiger partial charge in [-0.05, 0) is 18.9 Å². The van der Waals surface area contributed by atoms with Gasteiger partial charge in [-0.1, -0.05) is 54.1 Å². The second-order valence-electron chi connectivity index (χ2n) is 3.44. The van der Waals surface area contributed by atoms with Crippen LogP contribution >= 0.6 is 0 Å². The van der Waals surface area contributed by atoms with E-state index in [0.717, 1.165) is 6.42 Å². The van der Waals surface area contributed by atoms with Gasteiger partial charge in [0.15, 0.2) is 0 Å². The summed E-state index contributed by atoms with van der Waals surface area (Å²) in [4.78, 5) is 0. The topological polar surface area (TPSA) is 0 Å². The van der Waals surface area contributed by atoms with E-state index in [1.54, 1.807) is 0 Å². The average molecular weight is 169 g/mol. The Kier molecular flexibility index (Phi) is 2.31. The Morgan fingerprint density at radius 2 is 1.85 bits per heavy atom. The molecule has 65 valence electrons. The molecule has 0 aromatic heterocycles. The van der Waals surface area contributed by atoms with Gasteiger partial charge in [0.05, 0.1) is 0 Å². The van der Waals surface area contributed by atoms with Gasteiger partial charge >= 0.3 is 0 Å². The molecule has 13 heavy (non-hydrogen) atoms. The second kappa shape index (κ2) is 3.61. The zero-order chi connectivity index (χ0) is 9.10. The van der Waals surface area contributed by atoms with Gasteiger partial charge in [-0.2, -0.15) is 0 Å². The molecule has 1 radical (unpaired) electrons. The predicted octanol–water partition coefficient (Wildman–Crippen LogP) is 3.52. The van der Waals surface area contributed by atoms with Crippen LogP contribution in [0.25, 0.3) is 0 Å². The normalized spacial score (nSPS) is 17.2. The zero-order valence-electron chi connectivity index (χ0n) is 7.83. The Morgan fingerprint density at radius 1 is 1.08 bits per heavy atom. The van der Waals surface area contributed by atoms with Gasteiger partial charge in [-0.3, -0.25) is 0 Å². The minimum atomic E-state index is 1.08. The van der Waals surface area contributed by atoms with E-state index in [-0.39, 0.29) is 0 Å². The van der Waals surface area contributed by atoms with Gasteiger partial charge in [-0.15, -0.1) is 0 Å². The number of hydrogen-bond donors (Lipinski definition) is 0. The van der Waals surface area contributed by atoms with Crippen molar-refractivity contribution in [2.45, 2.75) is 13.3 Å². The standard InChI is InChI=1S/C13H13/c1-11-6-5-9-13(10-11)12-7-3-2-4-8-12/h2-9H,10H2,1H3. The van der Waals surface area contributed by atoms with Crippen molar-refractivity contribution in [3.05, 3.63) is 65.6 Å². The van der Waals surface area contributed by atoms with Crippen molar-refractivity contribution in [2.75, 3.05) is 0 Å². The fourth-order valence-corrected chi connectivity index (χ4v) is 1.60. The van der Waals surface area contributed by atoms with E-state index in [9.17, 15) is 0 Å². The lowest BCUT2D eigenvalue weighted by atomic mass is 9.89. The third-order valence-corrected chi connectivity index (χ3v) is 2.29. The molecular weight excluding hydrogens is 156 g/mol. The summed E-state index contributed by atoms with van der Waals surface area (Å²) in [6.07, 6.45) is 7.58. The van der Waals surface area contributed by atoms with E-state index in [4.69, 9.17) is 0 Å². The molecular formula is C13H13. The molecule has 0 nitrogen and oxygen atoms in total. The summed E-state index contributed by atoms with van der Waals surface area (Å²) in [7, 11) is 0. The van der Waals surface area contributed by atoms with Crippen molar-refractivity contribution < 1.29 is 0 Å². The van der Waals surface area contributed by atoms with Crippen molar-refractivity contribution in [3.8, 4) is 0 Å². The summed E-state index contributed by atoms with van der Waals surface area (Å²) in [5.41, 5.74) is 2.77. The van der Waals surface area contributed by atoms with Crippen LogP contribution in [0.3, 0.4) is 0 Å². The lowest BCUT2D eigenvalue weighted by Gasteiger charge is -2.15. The minimum absolute atomic E-state index is 1.08. The highest BCUT2D eigenvalue weighted by atomic mass is 14.1.